The van der Waals surface area contributed by atoms with Gasteiger partial charge in [0.1, 0.15) is 6.61 Å². The van der Waals surface area contributed by atoms with Gasteiger partial charge in [-0.05, 0) is 24.6 Å². The van der Waals surface area contributed by atoms with E-state index in [1.54, 1.807) is 6.92 Å². The largest absolute Gasteiger partial charge is 0.398 e. The third-order valence-corrected chi connectivity index (χ3v) is 4.24. The molecule has 0 unspecified atom stereocenters. The van der Waals surface area contributed by atoms with Crippen molar-refractivity contribution in [3.8, 4) is 0 Å². The number of benzene rings is 1. The van der Waals surface area contributed by atoms with Crippen LogP contribution >= 0.6 is 11.6 Å². The Hall–Kier alpha value is -0.960. The summed E-state index contributed by atoms with van der Waals surface area (Å²) in [7, 11) is -3.82. The van der Waals surface area contributed by atoms with Crippen LogP contribution in [0.15, 0.2) is 17.0 Å². The van der Waals surface area contributed by atoms with Crippen molar-refractivity contribution in [1.29, 1.82) is 0 Å². The first-order valence-corrected chi connectivity index (χ1v) is 7.51. The Morgan fingerprint density at radius 1 is 1.45 bits per heavy atom. The van der Waals surface area contributed by atoms with E-state index in [4.69, 9.17) is 17.3 Å². The third kappa shape index (κ3) is 4.86. The summed E-state index contributed by atoms with van der Waals surface area (Å²) in [6.45, 7) is 0.540. The van der Waals surface area contributed by atoms with Gasteiger partial charge in [-0.2, -0.15) is 0 Å². The first-order chi connectivity index (χ1) is 9.24. The lowest BCUT2D eigenvalue weighted by atomic mass is 10.2. The molecule has 0 saturated carbocycles. The molecule has 0 spiro atoms. The number of rotatable bonds is 7. The van der Waals surface area contributed by atoms with Crippen LogP contribution in [0.25, 0.3) is 0 Å². The molecule has 1 aromatic carbocycles. The van der Waals surface area contributed by atoms with Gasteiger partial charge >= 0.3 is 0 Å². The number of hydrogen-bond acceptors (Lipinski definition) is 4. The van der Waals surface area contributed by atoms with E-state index >= 15 is 0 Å². The zero-order chi connectivity index (χ0) is 15.3. The standard InChI is InChI=1S/C11H15ClF2N2O3S/c1-7-9(15)4-8(12)5-10(7)20(17,18)16-2-3-19-6-11(13)14/h4-5,11,16H,2-3,6,15H2,1H3. The van der Waals surface area contributed by atoms with E-state index in [9.17, 15) is 17.2 Å². The highest BCUT2D eigenvalue weighted by Crippen LogP contribution is 2.25. The fourth-order valence-corrected chi connectivity index (χ4v) is 3.05. The van der Waals surface area contributed by atoms with Crippen LogP contribution in [-0.2, 0) is 14.8 Å². The van der Waals surface area contributed by atoms with Gasteiger partial charge in [-0.1, -0.05) is 11.6 Å². The summed E-state index contributed by atoms with van der Waals surface area (Å²) < 4.78 is 54.5. The minimum Gasteiger partial charge on any atom is -0.398 e. The Morgan fingerprint density at radius 2 is 2.10 bits per heavy atom. The molecule has 20 heavy (non-hydrogen) atoms. The van der Waals surface area contributed by atoms with E-state index in [0.717, 1.165) is 0 Å². The van der Waals surface area contributed by atoms with Crippen molar-refractivity contribution in [3.05, 3.63) is 22.7 Å². The molecule has 0 radical (unpaired) electrons. The van der Waals surface area contributed by atoms with Gasteiger partial charge in [0, 0.05) is 17.3 Å². The number of alkyl halides is 2. The molecule has 0 amide bonds. The lowest BCUT2D eigenvalue weighted by Crippen LogP contribution is -2.28. The maximum atomic E-state index is 12.0. The van der Waals surface area contributed by atoms with E-state index in [1.807, 2.05) is 0 Å². The van der Waals surface area contributed by atoms with Crippen LogP contribution in [-0.4, -0.2) is 34.6 Å². The summed E-state index contributed by atoms with van der Waals surface area (Å²) in [6.07, 6.45) is -2.58. The molecule has 0 fully saturated rings. The number of nitrogen functional groups attached to an aromatic ring is 1. The highest BCUT2D eigenvalue weighted by molar-refractivity contribution is 7.89. The maximum absolute atomic E-state index is 12.0. The summed E-state index contributed by atoms with van der Waals surface area (Å²) in [5.74, 6) is 0. The van der Waals surface area contributed by atoms with E-state index < -0.39 is 23.1 Å². The molecule has 0 aromatic heterocycles. The average Bonchev–Trinajstić information content (AvgIpc) is 2.32. The summed E-state index contributed by atoms with van der Waals surface area (Å²) in [6, 6.07) is 2.72. The van der Waals surface area contributed by atoms with Crippen LogP contribution in [0.4, 0.5) is 14.5 Å². The summed E-state index contributed by atoms with van der Waals surface area (Å²) in [5.41, 5.74) is 6.27. The molecule has 0 heterocycles. The van der Waals surface area contributed by atoms with Crippen LogP contribution in [0.1, 0.15) is 5.56 Å². The minimum atomic E-state index is -3.82. The molecule has 1 rings (SSSR count). The molecule has 9 heteroatoms. The predicted molar refractivity (Wildman–Crippen MR) is 72.6 cm³/mol. The van der Waals surface area contributed by atoms with Gasteiger partial charge in [0.2, 0.25) is 10.0 Å². The van der Waals surface area contributed by atoms with Crippen molar-refractivity contribution >= 4 is 27.3 Å². The lowest BCUT2D eigenvalue weighted by Gasteiger charge is -2.11. The van der Waals surface area contributed by atoms with Crippen LogP contribution < -0.4 is 10.5 Å². The van der Waals surface area contributed by atoms with E-state index in [0.29, 0.717) is 5.56 Å². The highest BCUT2D eigenvalue weighted by Gasteiger charge is 2.18. The van der Waals surface area contributed by atoms with Crippen LogP contribution in [0.2, 0.25) is 5.02 Å². The van der Waals surface area contributed by atoms with E-state index in [-0.39, 0.29) is 28.8 Å². The molecular weight excluding hydrogens is 314 g/mol. The molecule has 0 aliphatic heterocycles. The zero-order valence-corrected chi connectivity index (χ0v) is 12.3. The monoisotopic (exact) mass is 328 g/mol. The normalized spacial score (nSPS) is 12.1. The van der Waals surface area contributed by atoms with Gasteiger partial charge in [0.05, 0.1) is 11.5 Å². The van der Waals surface area contributed by atoms with Crippen molar-refractivity contribution in [2.24, 2.45) is 0 Å². The smallest absolute Gasteiger partial charge is 0.261 e. The fraction of sp³-hybridized carbons (Fsp3) is 0.455. The molecule has 114 valence electrons. The molecule has 5 nitrogen and oxygen atoms in total. The van der Waals surface area contributed by atoms with Gasteiger partial charge in [-0.15, -0.1) is 0 Å². The third-order valence-electron chi connectivity index (χ3n) is 2.44. The maximum Gasteiger partial charge on any atom is 0.261 e. The number of hydrogen-bond donors (Lipinski definition) is 2. The molecule has 0 bridgehead atoms. The minimum absolute atomic E-state index is 0.0450. The van der Waals surface area contributed by atoms with Crippen molar-refractivity contribution in [2.45, 2.75) is 18.2 Å². The quantitative estimate of drug-likeness (QED) is 0.590. The Morgan fingerprint density at radius 3 is 2.70 bits per heavy atom. The Kier molecular flexibility index (Phi) is 6.12. The lowest BCUT2D eigenvalue weighted by molar-refractivity contribution is 0.0199. The first-order valence-electron chi connectivity index (χ1n) is 5.65. The molecule has 1 aromatic rings. The number of anilines is 1. The summed E-state index contributed by atoms with van der Waals surface area (Å²) in [5, 5.41) is 0.197. The van der Waals surface area contributed by atoms with Crippen molar-refractivity contribution < 1.29 is 21.9 Å². The number of sulfonamides is 1. The molecular formula is C11H15ClF2N2O3S. The van der Waals surface area contributed by atoms with Gasteiger partial charge < -0.3 is 10.5 Å². The highest BCUT2D eigenvalue weighted by atomic mass is 35.5. The Balaban J connectivity index is 2.70. The second-order valence-electron chi connectivity index (χ2n) is 3.98. The Labute approximate surface area is 121 Å². The number of nitrogens with two attached hydrogens (primary N) is 1. The average molecular weight is 329 g/mol. The second kappa shape index (κ2) is 7.16. The fourth-order valence-electron chi connectivity index (χ4n) is 1.45. The second-order valence-corrected chi connectivity index (χ2v) is 6.15. The van der Waals surface area contributed by atoms with E-state index in [2.05, 4.69) is 9.46 Å². The van der Waals surface area contributed by atoms with Crippen LogP contribution in [0.3, 0.4) is 0 Å². The van der Waals surface area contributed by atoms with Gasteiger partial charge in [0.15, 0.2) is 0 Å². The molecule has 0 atom stereocenters. The summed E-state index contributed by atoms with van der Waals surface area (Å²) in [4.78, 5) is -0.0450. The molecule has 0 aliphatic carbocycles. The van der Waals surface area contributed by atoms with Crippen molar-refractivity contribution in [1.82, 2.24) is 4.72 Å². The van der Waals surface area contributed by atoms with Gasteiger partial charge in [0.25, 0.3) is 6.43 Å². The predicted octanol–water partition coefficient (Wildman–Crippen LogP) is 1.79. The number of ether oxygens (including phenoxy) is 1. The first kappa shape index (κ1) is 17.1. The van der Waals surface area contributed by atoms with Crippen LogP contribution in [0.5, 0.6) is 0 Å². The summed E-state index contributed by atoms with van der Waals surface area (Å²) >= 11 is 5.77. The van der Waals surface area contributed by atoms with E-state index in [1.165, 1.54) is 12.1 Å². The Bertz CT molecular complexity index is 567. The van der Waals surface area contributed by atoms with Crippen molar-refractivity contribution in [3.63, 3.8) is 0 Å². The van der Waals surface area contributed by atoms with Crippen LogP contribution in [0, 0.1) is 6.92 Å². The number of nitrogens with one attached hydrogen (secondary N) is 1. The molecule has 0 aliphatic rings. The number of halogens is 3. The SMILES string of the molecule is Cc1c(N)cc(Cl)cc1S(=O)(=O)NCCOCC(F)F. The topological polar surface area (TPSA) is 81.4 Å². The van der Waals surface area contributed by atoms with Gasteiger partial charge in [-0.25, -0.2) is 21.9 Å². The van der Waals surface area contributed by atoms with Crippen molar-refractivity contribution in [2.75, 3.05) is 25.5 Å². The van der Waals surface area contributed by atoms with Gasteiger partial charge in [-0.3, -0.25) is 0 Å². The molecule has 3 N–H and O–H groups in total. The molecule has 0 saturated heterocycles. The zero-order valence-electron chi connectivity index (χ0n) is 10.7.